The summed E-state index contributed by atoms with van der Waals surface area (Å²) in [7, 11) is 1.90. The van der Waals surface area contributed by atoms with Crippen LogP contribution in [-0.4, -0.2) is 38.5 Å². The number of aromatic nitrogens is 2. The second-order valence-electron chi connectivity index (χ2n) is 6.67. The van der Waals surface area contributed by atoms with E-state index >= 15 is 0 Å². The van der Waals surface area contributed by atoms with Crippen LogP contribution in [0.3, 0.4) is 0 Å². The number of aryl methyl sites for hydroxylation is 2. The summed E-state index contributed by atoms with van der Waals surface area (Å²) in [5.74, 6) is 0.445. The molecule has 0 aromatic carbocycles. The van der Waals surface area contributed by atoms with Crippen molar-refractivity contribution in [3.8, 4) is 0 Å². The highest BCUT2D eigenvalue weighted by Gasteiger charge is 2.37. The number of aliphatic hydroxyl groups is 1. The second-order valence-corrected chi connectivity index (χ2v) is 7.03. The molecule has 5 heteroatoms. The Morgan fingerprint density at radius 2 is 2.05 bits per heavy atom. The van der Waals surface area contributed by atoms with Gasteiger partial charge < -0.3 is 5.11 Å². The van der Waals surface area contributed by atoms with E-state index in [0.717, 1.165) is 35.9 Å². The molecule has 1 aliphatic carbocycles. The van der Waals surface area contributed by atoms with E-state index in [0.29, 0.717) is 12.0 Å². The van der Waals surface area contributed by atoms with Gasteiger partial charge in [0.15, 0.2) is 0 Å². The van der Waals surface area contributed by atoms with Gasteiger partial charge in [-0.25, -0.2) is 0 Å². The molecular weight excluding hydrogens is 286 g/mol. The van der Waals surface area contributed by atoms with Gasteiger partial charge in [0, 0.05) is 31.1 Å². The van der Waals surface area contributed by atoms with Gasteiger partial charge in [-0.2, -0.15) is 5.10 Å². The Labute approximate surface area is 132 Å². The van der Waals surface area contributed by atoms with Crippen molar-refractivity contribution >= 4 is 11.6 Å². The Balaban J connectivity index is 1.78. The lowest BCUT2D eigenvalue weighted by atomic mass is 9.87. The molecule has 4 nitrogen and oxygen atoms in total. The van der Waals surface area contributed by atoms with Gasteiger partial charge in [-0.3, -0.25) is 9.58 Å². The summed E-state index contributed by atoms with van der Waals surface area (Å²) in [6, 6.07) is 0.506. The number of nitrogens with zero attached hydrogens (tertiary/aromatic N) is 3. The first-order valence-electron chi connectivity index (χ1n) is 8.18. The number of halogens is 1. The van der Waals surface area contributed by atoms with E-state index in [2.05, 4.69) is 10.00 Å². The van der Waals surface area contributed by atoms with Crippen molar-refractivity contribution in [1.82, 2.24) is 14.7 Å². The summed E-state index contributed by atoms with van der Waals surface area (Å²) in [5, 5.41) is 15.4. The van der Waals surface area contributed by atoms with Crippen LogP contribution < -0.4 is 0 Å². The lowest BCUT2D eigenvalue weighted by molar-refractivity contribution is 0.0312. The average molecular weight is 312 g/mol. The quantitative estimate of drug-likeness (QED) is 0.933. The lowest BCUT2D eigenvalue weighted by Gasteiger charge is -2.40. The Hall–Kier alpha value is -0.580. The van der Waals surface area contributed by atoms with Gasteiger partial charge in [0.05, 0.1) is 11.8 Å². The van der Waals surface area contributed by atoms with Gasteiger partial charge in [-0.1, -0.05) is 24.4 Å². The molecule has 2 aliphatic rings. The number of piperidine rings is 1. The molecule has 1 saturated carbocycles. The molecule has 0 bridgehead atoms. The first-order valence-corrected chi connectivity index (χ1v) is 8.56. The number of hydrogen-bond donors (Lipinski definition) is 1. The third-order valence-corrected chi connectivity index (χ3v) is 5.79. The molecule has 0 amide bonds. The van der Waals surface area contributed by atoms with E-state index in [1.165, 1.54) is 32.1 Å². The minimum absolute atomic E-state index is 0.110. The molecule has 118 valence electrons. The summed E-state index contributed by atoms with van der Waals surface area (Å²) in [6.45, 7) is 4.01. The predicted octanol–water partition coefficient (Wildman–Crippen LogP) is 2.90. The maximum atomic E-state index is 10.3. The number of hydrogen-bond acceptors (Lipinski definition) is 3. The van der Waals surface area contributed by atoms with Crippen molar-refractivity contribution < 1.29 is 5.11 Å². The van der Waals surface area contributed by atoms with E-state index in [1.54, 1.807) is 4.68 Å². The highest BCUT2D eigenvalue weighted by molar-refractivity contribution is 6.30. The molecule has 21 heavy (non-hydrogen) atoms. The van der Waals surface area contributed by atoms with Crippen LogP contribution in [0.25, 0.3) is 0 Å². The number of aliphatic hydroxyl groups excluding tert-OH is 1. The molecule has 0 radical (unpaired) electrons. The molecule has 2 fully saturated rings. The van der Waals surface area contributed by atoms with Crippen LogP contribution in [0, 0.1) is 12.8 Å². The van der Waals surface area contributed by atoms with Crippen LogP contribution in [0.4, 0.5) is 0 Å². The number of likely N-dealkylation sites (tertiary alicyclic amines) is 1. The monoisotopic (exact) mass is 311 g/mol. The van der Waals surface area contributed by atoms with Crippen molar-refractivity contribution in [2.24, 2.45) is 13.0 Å². The zero-order valence-corrected chi connectivity index (χ0v) is 13.8. The van der Waals surface area contributed by atoms with Crippen LogP contribution in [0.1, 0.15) is 49.8 Å². The molecule has 1 aliphatic heterocycles. The molecule has 3 unspecified atom stereocenters. The van der Waals surface area contributed by atoms with Crippen LogP contribution in [0.15, 0.2) is 0 Å². The Kier molecular flexibility index (Phi) is 4.57. The van der Waals surface area contributed by atoms with E-state index in [9.17, 15) is 5.11 Å². The molecular formula is C16H26ClN3O. The number of rotatable bonds is 3. The summed E-state index contributed by atoms with van der Waals surface area (Å²) in [6.07, 6.45) is 6.94. The molecule has 3 atom stereocenters. The smallest absolute Gasteiger partial charge is 0.131 e. The summed E-state index contributed by atoms with van der Waals surface area (Å²) >= 11 is 6.39. The van der Waals surface area contributed by atoms with Crippen molar-refractivity contribution in [3.63, 3.8) is 0 Å². The summed E-state index contributed by atoms with van der Waals surface area (Å²) < 4.78 is 1.76. The minimum Gasteiger partial charge on any atom is -0.393 e. The predicted molar refractivity (Wildman–Crippen MR) is 84.4 cm³/mol. The van der Waals surface area contributed by atoms with Gasteiger partial charge in [-0.05, 0) is 39.2 Å². The first-order chi connectivity index (χ1) is 10.1. The maximum Gasteiger partial charge on any atom is 0.131 e. The molecule has 1 aromatic rings. The molecule has 2 heterocycles. The average Bonchev–Trinajstić information content (AvgIpc) is 2.99. The second kappa shape index (κ2) is 6.27. The normalized spacial score (nSPS) is 31.0. The van der Waals surface area contributed by atoms with Crippen molar-refractivity contribution in [3.05, 3.63) is 16.4 Å². The summed E-state index contributed by atoms with van der Waals surface area (Å²) in [5.41, 5.74) is 2.18. The van der Waals surface area contributed by atoms with Crippen molar-refractivity contribution in [2.75, 3.05) is 6.54 Å². The third kappa shape index (κ3) is 2.99. The fourth-order valence-electron chi connectivity index (χ4n) is 4.17. The third-order valence-electron chi connectivity index (χ3n) is 5.32. The molecule has 1 aromatic heterocycles. The topological polar surface area (TPSA) is 41.3 Å². The molecule has 3 rings (SSSR count). The van der Waals surface area contributed by atoms with Crippen LogP contribution >= 0.6 is 11.6 Å². The Bertz CT molecular complexity index is 502. The van der Waals surface area contributed by atoms with E-state index in [4.69, 9.17) is 11.6 Å². The van der Waals surface area contributed by atoms with Gasteiger partial charge in [0.1, 0.15) is 5.15 Å². The minimum atomic E-state index is -0.110. The fraction of sp³-hybridized carbons (Fsp3) is 0.812. The van der Waals surface area contributed by atoms with Crippen LogP contribution in [0.5, 0.6) is 0 Å². The van der Waals surface area contributed by atoms with Gasteiger partial charge in [-0.15, -0.1) is 0 Å². The van der Waals surface area contributed by atoms with Crippen LogP contribution in [-0.2, 0) is 13.6 Å². The Morgan fingerprint density at radius 3 is 2.67 bits per heavy atom. The highest BCUT2D eigenvalue weighted by atomic mass is 35.5. The van der Waals surface area contributed by atoms with Gasteiger partial charge >= 0.3 is 0 Å². The largest absolute Gasteiger partial charge is 0.393 e. The SMILES string of the molecule is Cc1nn(C)c(Cl)c1CN1CCCCC1C1CCCC1O. The highest BCUT2D eigenvalue weighted by Crippen LogP contribution is 2.36. The van der Waals surface area contributed by atoms with Gasteiger partial charge in [0.2, 0.25) is 0 Å². The molecule has 1 saturated heterocycles. The fourth-order valence-corrected chi connectivity index (χ4v) is 4.41. The van der Waals surface area contributed by atoms with E-state index in [-0.39, 0.29) is 6.10 Å². The zero-order chi connectivity index (χ0) is 15.0. The Morgan fingerprint density at radius 1 is 1.24 bits per heavy atom. The molecule has 0 spiro atoms. The zero-order valence-electron chi connectivity index (χ0n) is 13.1. The molecule has 1 N–H and O–H groups in total. The standard InChI is InChI=1S/C16H26ClN3O/c1-11-13(16(17)19(2)18-11)10-20-9-4-3-7-14(20)12-6-5-8-15(12)21/h12,14-15,21H,3-10H2,1-2H3. The summed E-state index contributed by atoms with van der Waals surface area (Å²) in [4.78, 5) is 2.54. The van der Waals surface area contributed by atoms with Crippen molar-refractivity contribution in [1.29, 1.82) is 0 Å². The van der Waals surface area contributed by atoms with E-state index < -0.39 is 0 Å². The maximum absolute atomic E-state index is 10.3. The van der Waals surface area contributed by atoms with E-state index in [1.807, 2.05) is 14.0 Å². The lowest BCUT2D eigenvalue weighted by Crippen LogP contribution is -2.45. The van der Waals surface area contributed by atoms with Crippen LogP contribution in [0.2, 0.25) is 5.15 Å². The first kappa shape index (κ1) is 15.3. The van der Waals surface area contributed by atoms with Crippen molar-refractivity contribution in [2.45, 2.75) is 64.1 Å². The van der Waals surface area contributed by atoms with Gasteiger partial charge in [0.25, 0.3) is 0 Å².